The highest BCUT2D eigenvalue weighted by molar-refractivity contribution is 6.08. The van der Waals surface area contributed by atoms with Crippen molar-refractivity contribution in [3.63, 3.8) is 0 Å². The molecule has 3 rings (SSSR count). The number of carbonyl (C=O) groups is 2. The summed E-state index contributed by atoms with van der Waals surface area (Å²) >= 11 is 0. The normalized spacial score (nSPS) is 10.7. The van der Waals surface area contributed by atoms with E-state index in [9.17, 15) is 35.9 Å². The fourth-order valence-corrected chi connectivity index (χ4v) is 2.67. The summed E-state index contributed by atoms with van der Waals surface area (Å²) < 4.78 is 85.3. The summed E-state index contributed by atoms with van der Waals surface area (Å²) in [4.78, 5) is 24.3. The first kappa shape index (κ1) is 22.5. The predicted octanol–water partition coefficient (Wildman–Crippen LogP) is 4.19. The van der Waals surface area contributed by atoms with Gasteiger partial charge in [-0.25, -0.2) is 26.3 Å². The molecule has 6 N–H and O–H groups in total. The summed E-state index contributed by atoms with van der Waals surface area (Å²) in [7, 11) is 0. The minimum absolute atomic E-state index is 0.0251. The Morgan fingerprint density at radius 2 is 0.906 bits per heavy atom. The first-order valence-electron chi connectivity index (χ1n) is 8.60. The molecule has 0 aliphatic rings. The Balaban J connectivity index is 1.98. The van der Waals surface area contributed by atoms with Crippen molar-refractivity contribution in [2.45, 2.75) is 0 Å². The molecule has 0 saturated heterocycles. The van der Waals surface area contributed by atoms with Crippen molar-refractivity contribution in [3.05, 3.63) is 82.4 Å². The summed E-state index contributed by atoms with van der Waals surface area (Å²) in [6, 6.07) is 5.77. The maximum absolute atomic E-state index is 14.4. The van der Waals surface area contributed by atoms with Crippen LogP contribution < -0.4 is 22.1 Å². The van der Waals surface area contributed by atoms with E-state index < -0.39 is 69.2 Å². The molecule has 166 valence electrons. The molecule has 2 amide bonds. The van der Waals surface area contributed by atoms with Crippen molar-refractivity contribution in [3.8, 4) is 0 Å². The number of anilines is 4. The molecule has 0 heterocycles. The molecule has 6 nitrogen and oxygen atoms in total. The molecule has 32 heavy (non-hydrogen) atoms. The number of nitrogens with one attached hydrogen (secondary N) is 2. The lowest BCUT2D eigenvalue weighted by atomic mass is 10.1. The molecule has 0 bridgehead atoms. The topological polar surface area (TPSA) is 110 Å². The minimum Gasteiger partial charge on any atom is -0.399 e. The van der Waals surface area contributed by atoms with Gasteiger partial charge in [-0.3, -0.25) is 9.59 Å². The van der Waals surface area contributed by atoms with Gasteiger partial charge in [0.15, 0.2) is 23.3 Å². The van der Waals surface area contributed by atoms with Crippen LogP contribution in [-0.4, -0.2) is 11.8 Å². The second kappa shape index (κ2) is 8.49. The monoisotopic (exact) mass is 454 g/mol. The van der Waals surface area contributed by atoms with Gasteiger partial charge in [0, 0.05) is 11.4 Å². The van der Waals surface area contributed by atoms with Crippen LogP contribution in [0.4, 0.5) is 49.1 Å². The largest absolute Gasteiger partial charge is 0.399 e. The number of hydrogen-bond acceptors (Lipinski definition) is 4. The van der Waals surface area contributed by atoms with Crippen molar-refractivity contribution < 1.29 is 35.9 Å². The molecule has 3 aromatic carbocycles. The van der Waals surface area contributed by atoms with Gasteiger partial charge < -0.3 is 22.1 Å². The molecule has 0 spiro atoms. The molecule has 0 aromatic heterocycles. The van der Waals surface area contributed by atoms with Crippen LogP contribution in [0.1, 0.15) is 20.7 Å². The third-order valence-electron chi connectivity index (χ3n) is 4.20. The van der Waals surface area contributed by atoms with E-state index in [0.29, 0.717) is 0 Å². The highest BCUT2D eigenvalue weighted by atomic mass is 19.2. The molecule has 12 heteroatoms. The zero-order valence-electron chi connectivity index (χ0n) is 15.7. The molecule has 0 aliphatic heterocycles. The van der Waals surface area contributed by atoms with E-state index in [2.05, 4.69) is 0 Å². The molecule has 3 aromatic rings. The Bertz CT molecular complexity index is 1140. The van der Waals surface area contributed by atoms with Gasteiger partial charge in [-0.15, -0.1) is 0 Å². The van der Waals surface area contributed by atoms with Gasteiger partial charge in [0.05, 0.1) is 11.4 Å². The van der Waals surface area contributed by atoms with Gasteiger partial charge in [0.2, 0.25) is 0 Å². The predicted molar refractivity (Wildman–Crippen MR) is 104 cm³/mol. The van der Waals surface area contributed by atoms with E-state index in [1.54, 1.807) is 10.6 Å². The third-order valence-corrected chi connectivity index (χ3v) is 4.20. The second-order valence-corrected chi connectivity index (χ2v) is 6.39. The van der Waals surface area contributed by atoms with Gasteiger partial charge >= 0.3 is 0 Å². The standard InChI is InChI=1S/C20H12F6N4O2/c21-9-5-7(27)1-3-11(9)29-19(31)13-15(23)17(25)14(18(26)16(13)24)20(32)30-12-4-2-8(28)6-10(12)22/h1-6H,27-28H2,(H,29,31)(H,30,32). The van der Waals surface area contributed by atoms with Crippen LogP contribution in [0.2, 0.25) is 0 Å². The number of nitrogens with two attached hydrogens (primary N) is 2. The molecule has 0 atom stereocenters. The van der Waals surface area contributed by atoms with E-state index in [1.807, 2.05) is 0 Å². The number of amides is 2. The molecule has 0 aliphatic carbocycles. The summed E-state index contributed by atoms with van der Waals surface area (Å²) in [5.41, 5.74) is 5.97. The number of hydrogen-bond donors (Lipinski definition) is 4. The molecule has 0 unspecified atom stereocenters. The SMILES string of the molecule is Nc1ccc(NC(=O)c2c(F)c(F)c(C(=O)Nc3ccc(N)cc3F)c(F)c2F)c(F)c1. The Morgan fingerprint density at radius 3 is 1.19 bits per heavy atom. The summed E-state index contributed by atoms with van der Waals surface area (Å²) in [6.45, 7) is 0. The fourth-order valence-electron chi connectivity index (χ4n) is 2.67. The second-order valence-electron chi connectivity index (χ2n) is 6.39. The zero-order valence-corrected chi connectivity index (χ0v) is 15.7. The summed E-state index contributed by atoms with van der Waals surface area (Å²) in [5.74, 6) is -14.5. The van der Waals surface area contributed by atoms with Crippen LogP contribution in [0.3, 0.4) is 0 Å². The summed E-state index contributed by atoms with van der Waals surface area (Å²) in [6.07, 6.45) is 0. The van der Waals surface area contributed by atoms with Crippen molar-refractivity contribution in [1.29, 1.82) is 0 Å². The van der Waals surface area contributed by atoms with E-state index >= 15 is 0 Å². The van der Waals surface area contributed by atoms with Crippen LogP contribution >= 0.6 is 0 Å². The number of rotatable bonds is 4. The maximum Gasteiger partial charge on any atom is 0.261 e. The van der Waals surface area contributed by atoms with Crippen molar-refractivity contribution in [1.82, 2.24) is 0 Å². The molecule has 0 saturated carbocycles. The van der Waals surface area contributed by atoms with Crippen molar-refractivity contribution >= 4 is 34.6 Å². The first-order valence-corrected chi connectivity index (χ1v) is 8.60. The Kier molecular flexibility index (Phi) is 5.96. The first-order chi connectivity index (χ1) is 15.0. The van der Waals surface area contributed by atoms with Crippen LogP contribution in [0.5, 0.6) is 0 Å². The third kappa shape index (κ3) is 4.15. The van der Waals surface area contributed by atoms with Crippen LogP contribution in [0.25, 0.3) is 0 Å². The van der Waals surface area contributed by atoms with Crippen molar-refractivity contribution in [2.75, 3.05) is 22.1 Å². The van der Waals surface area contributed by atoms with E-state index in [0.717, 1.165) is 36.4 Å². The van der Waals surface area contributed by atoms with Gasteiger partial charge in [0.1, 0.15) is 22.8 Å². The van der Waals surface area contributed by atoms with Gasteiger partial charge in [-0.2, -0.15) is 0 Å². The smallest absolute Gasteiger partial charge is 0.261 e. The lowest BCUT2D eigenvalue weighted by Gasteiger charge is -2.13. The lowest BCUT2D eigenvalue weighted by Crippen LogP contribution is -2.24. The van der Waals surface area contributed by atoms with E-state index in [1.165, 1.54) is 0 Å². The van der Waals surface area contributed by atoms with Crippen molar-refractivity contribution in [2.24, 2.45) is 0 Å². The highest BCUT2D eigenvalue weighted by Crippen LogP contribution is 2.27. The van der Waals surface area contributed by atoms with Gasteiger partial charge in [0.25, 0.3) is 11.8 Å². The summed E-state index contributed by atoms with van der Waals surface area (Å²) in [5, 5.41) is 3.49. The van der Waals surface area contributed by atoms with E-state index in [-0.39, 0.29) is 11.4 Å². The molecular formula is C20H12F6N4O2. The Labute approximate surface area is 175 Å². The number of nitrogen functional groups attached to an aromatic ring is 2. The Morgan fingerprint density at radius 1 is 0.594 bits per heavy atom. The average molecular weight is 454 g/mol. The number of benzene rings is 3. The molecular weight excluding hydrogens is 442 g/mol. The van der Waals surface area contributed by atoms with E-state index in [4.69, 9.17) is 11.5 Å². The fraction of sp³-hybridized carbons (Fsp3) is 0. The minimum atomic E-state index is -2.22. The highest BCUT2D eigenvalue weighted by Gasteiger charge is 2.33. The molecule has 0 radical (unpaired) electrons. The lowest BCUT2D eigenvalue weighted by molar-refractivity contribution is 0.0993. The average Bonchev–Trinajstić information content (AvgIpc) is 2.71. The van der Waals surface area contributed by atoms with Crippen LogP contribution in [0, 0.1) is 34.9 Å². The number of halogens is 6. The van der Waals surface area contributed by atoms with Gasteiger partial charge in [-0.1, -0.05) is 0 Å². The van der Waals surface area contributed by atoms with Gasteiger partial charge in [-0.05, 0) is 36.4 Å². The molecule has 0 fully saturated rings. The zero-order chi connectivity index (χ0) is 23.7. The van der Waals surface area contributed by atoms with Crippen LogP contribution in [0.15, 0.2) is 36.4 Å². The Hall–Kier alpha value is -4.22. The number of carbonyl (C=O) groups excluding carboxylic acids is 2. The quantitative estimate of drug-likeness (QED) is 0.269. The van der Waals surface area contributed by atoms with Crippen LogP contribution in [-0.2, 0) is 0 Å². The maximum atomic E-state index is 14.4.